The Morgan fingerprint density at radius 3 is 3.05 bits per heavy atom. The Kier molecular flexibility index (Phi) is 4.33. The second kappa shape index (κ2) is 6.07. The van der Waals surface area contributed by atoms with Gasteiger partial charge in [-0.25, -0.2) is 0 Å². The molecule has 0 aliphatic carbocycles. The van der Waals surface area contributed by atoms with Crippen LogP contribution in [0.25, 0.3) is 0 Å². The van der Waals surface area contributed by atoms with Crippen LogP contribution in [0.4, 0.5) is 11.4 Å². The van der Waals surface area contributed by atoms with Crippen LogP contribution >= 0.6 is 23.4 Å². The predicted molar refractivity (Wildman–Crippen MR) is 90.6 cm³/mol. The maximum Gasteiger partial charge on any atom is 0.246 e. The lowest BCUT2D eigenvalue weighted by Gasteiger charge is -2.35. The van der Waals surface area contributed by atoms with Crippen LogP contribution in [0.3, 0.4) is 0 Å². The van der Waals surface area contributed by atoms with Crippen LogP contribution in [0.2, 0.25) is 5.02 Å². The van der Waals surface area contributed by atoms with E-state index in [1.54, 1.807) is 0 Å². The van der Waals surface area contributed by atoms with Gasteiger partial charge in [0.05, 0.1) is 10.7 Å². The van der Waals surface area contributed by atoms with Gasteiger partial charge in [0.1, 0.15) is 6.04 Å². The summed E-state index contributed by atoms with van der Waals surface area (Å²) >= 11 is 8.48. The lowest BCUT2D eigenvalue weighted by molar-refractivity contribution is -0.117. The van der Waals surface area contributed by atoms with Crippen LogP contribution in [0.15, 0.2) is 12.1 Å². The Morgan fingerprint density at radius 2 is 2.33 bits per heavy atom. The molecule has 4 nitrogen and oxygen atoms in total. The number of rotatable bonds is 3. The molecule has 2 N–H and O–H groups in total. The fourth-order valence-electron chi connectivity index (χ4n) is 2.98. The van der Waals surface area contributed by atoms with E-state index in [1.165, 1.54) is 0 Å². The number of halogens is 1. The second-order valence-electron chi connectivity index (χ2n) is 5.49. The van der Waals surface area contributed by atoms with Gasteiger partial charge in [0, 0.05) is 35.3 Å². The molecule has 1 aromatic rings. The molecule has 1 saturated heterocycles. The summed E-state index contributed by atoms with van der Waals surface area (Å²) in [5.74, 6) is 2.23. The van der Waals surface area contributed by atoms with Crippen molar-refractivity contribution in [3.8, 4) is 0 Å². The number of hydrogen-bond donors (Lipinski definition) is 2. The standard InChI is InChI=1S/C15H20ClN3OS/c1-3-17-14-10-6-11(16)13(7-12(10)18-15(14)20)19-4-5-21-8-9(19)2/h6-7,9,14,17H,3-5,8H2,1-2H3,(H,18,20). The van der Waals surface area contributed by atoms with Crippen LogP contribution in [0, 0.1) is 0 Å². The molecule has 1 aromatic carbocycles. The number of nitrogens with zero attached hydrogens (tertiary/aromatic N) is 1. The van der Waals surface area contributed by atoms with Crippen LogP contribution in [-0.4, -0.2) is 36.5 Å². The van der Waals surface area contributed by atoms with E-state index in [0.717, 1.165) is 46.6 Å². The molecule has 1 amide bonds. The smallest absolute Gasteiger partial charge is 0.246 e. The van der Waals surface area contributed by atoms with Gasteiger partial charge in [-0.15, -0.1) is 0 Å². The summed E-state index contributed by atoms with van der Waals surface area (Å²) in [5.41, 5.74) is 2.87. The summed E-state index contributed by atoms with van der Waals surface area (Å²) in [7, 11) is 0. The second-order valence-corrected chi connectivity index (χ2v) is 7.05. The highest BCUT2D eigenvalue weighted by Gasteiger charge is 2.32. The van der Waals surface area contributed by atoms with E-state index in [2.05, 4.69) is 22.5 Å². The lowest BCUT2D eigenvalue weighted by atomic mass is 10.1. The Labute approximate surface area is 134 Å². The maximum atomic E-state index is 12.1. The van der Waals surface area contributed by atoms with Gasteiger partial charge in [-0.05, 0) is 25.6 Å². The van der Waals surface area contributed by atoms with E-state index < -0.39 is 0 Å². The van der Waals surface area contributed by atoms with Gasteiger partial charge in [-0.3, -0.25) is 4.79 Å². The summed E-state index contributed by atoms with van der Waals surface area (Å²) in [5, 5.41) is 6.89. The maximum absolute atomic E-state index is 12.1. The number of anilines is 2. The van der Waals surface area contributed by atoms with E-state index >= 15 is 0 Å². The first kappa shape index (κ1) is 15.0. The highest BCUT2D eigenvalue weighted by atomic mass is 35.5. The van der Waals surface area contributed by atoms with Crippen LogP contribution in [0.1, 0.15) is 25.5 Å². The van der Waals surface area contributed by atoms with Crippen LogP contribution in [-0.2, 0) is 4.79 Å². The molecule has 0 bridgehead atoms. The highest BCUT2D eigenvalue weighted by Crippen LogP contribution is 2.40. The molecule has 3 rings (SSSR count). The lowest BCUT2D eigenvalue weighted by Crippen LogP contribution is -2.40. The van der Waals surface area contributed by atoms with Gasteiger partial charge < -0.3 is 15.5 Å². The summed E-state index contributed by atoms with van der Waals surface area (Å²) < 4.78 is 0. The van der Waals surface area contributed by atoms with Gasteiger partial charge in [-0.1, -0.05) is 18.5 Å². The number of amides is 1. The Hall–Kier alpha value is -0.910. The van der Waals surface area contributed by atoms with Gasteiger partial charge in [0.15, 0.2) is 0 Å². The molecule has 2 aliphatic heterocycles. The number of nitrogens with one attached hydrogen (secondary N) is 2. The molecule has 0 spiro atoms. The Balaban J connectivity index is 1.95. The summed E-state index contributed by atoms with van der Waals surface area (Å²) in [4.78, 5) is 14.4. The molecule has 21 heavy (non-hydrogen) atoms. The largest absolute Gasteiger partial charge is 0.366 e. The number of carbonyl (C=O) groups is 1. The third-order valence-electron chi connectivity index (χ3n) is 4.04. The number of fused-ring (bicyclic) bond motifs is 1. The molecule has 114 valence electrons. The van der Waals surface area contributed by atoms with Crippen LogP contribution in [0.5, 0.6) is 0 Å². The number of carbonyl (C=O) groups excluding carboxylic acids is 1. The summed E-state index contributed by atoms with van der Waals surface area (Å²) in [6.07, 6.45) is 0. The van der Waals surface area contributed by atoms with Crippen molar-refractivity contribution >= 4 is 40.6 Å². The number of likely N-dealkylation sites (N-methyl/N-ethyl adjacent to an activating group) is 1. The zero-order chi connectivity index (χ0) is 15.0. The molecule has 2 heterocycles. The minimum absolute atomic E-state index is 0.00214. The van der Waals surface area contributed by atoms with Gasteiger partial charge in [-0.2, -0.15) is 11.8 Å². The summed E-state index contributed by atoms with van der Waals surface area (Å²) in [6.45, 7) is 5.95. The third kappa shape index (κ3) is 2.74. The molecule has 0 aromatic heterocycles. The Bertz CT molecular complexity index is 566. The van der Waals surface area contributed by atoms with Crippen molar-refractivity contribution in [2.75, 3.05) is 34.8 Å². The number of thioether (sulfide) groups is 1. The average molecular weight is 326 g/mol. The van der Waals surface area contributed by atoms with Crippen molar-refractivity contribution in [3.63, 3.8) is 0 Å². The molecule has 0 radical (unpaired) electrons. The zero-order valence-corrected chi connectivity index (χ0v) is 13.9. The molecular weight excluding hydrogens is 306 g/mol. The van der Waals surface area contributed by atoms with E-state index in [-0.39, 0.29) is 11.9 Å². The quantitative estimate of drug-likeness (QED) is 0.897. The topological polar surface area (TPSA) is 44.4 Å². The molecule has 0 saturated carbocycles. The van der Waals surface area contributed by atoms with Crippen molar-refractivity contribution in [3.05, 3.63) is 22.7 Å². The first-order valence-corrected chi connectivity index (χ1v) is 8.87. The molecule has 1 fully saturated rings. The van der Waals surface area contributed by atoms with Gasteiger partial charge in [0.25, 0.3) is 0 Å². The molecule has 2 aliphatic rings. The fraction of sp³-hybridized carbons (Fsp3) is 0.533. The highest BCUT2D eigenvalue weighted by molar-refractivity contribution is 7.99. The molecule has 2 atom stereocenters. The number of benzene rings is 1. The van der Waals surface area contributed by atoms with Gasteiger partial charge >= 0.3 is 0 Å². The number of hydrogen-bond acceptors (Lipinski definition) is 4. The molecule has 6 heteroatoms. The van der Waals surface area contributed by atoms with E-state index in [0.29, 0.717) is 6.04 Å². The average Bonchev–Trinajstić information content (AvgIpc) is 2.75. The predicted octanol–water partition coefficient (Wildman–Crippen LogP) is 2.88. The molecular formula is C15H20ClN3OS. The zero-order valence-electron chi connectivity index (χ0n) is 12.3. The van der Waals surface area contributed by atoms with Crippen molar-refractivity contribution in [1.82, 2.24) is 5.32 Å². The van der Waals surface area contributed by atoms with Crippen LogP contribution < -0.4 is 15.5 Å². The van der Waals surface area contributed by atoms with E-state index in [1.807, 2.05) is 30.8 Å². The monoisotopic (exact) mass is 325 g/mol. The van der Waals surface area contributed by atoms with Gasteiger partial charge in [0.2, 0.25) is 5.91 Å². The fourth-order valence-corrected chi connectivity index (χ4v) is 4.28. The first-order valence-electron chi connectivity index (χ1n) is 7.34. The van der Waals surface area contributed by atoms with Crippen molar-refractivity contribution in [2.45, 2.75) is 25.9 Å². The SMILES string of the molecule is CCNC1C(=O)Nc2cc(N3CCSCC3C)c(Cl)cc21. The Morgan fingerprint density at radius 1 is 1.52 bits per heavy atom. The molecule has 2 unspecified atom stereocenters. The normalized spacial score (nSPS) is 24.9. The van der Waals surface area contributed by atoms with Crippen molar-refractivity contribution in [1.29, 1.82) is 0 Å². The van der Waals surface area contributed by atoms with E-state index in [4.69, 9.17) is 11.6 Å². The van der Waals surface area contributed by atoms with E-state index in [9.17, 15) is 4.79 Å². The third-order valence-corrected chi connectivity index (χ3v) is 5.53. The van der Waals surface area contributed by atoms with Crippen molar-refractivity contribution < 1.29 is 4.79 Å². The minimum Gasteiger partial charge on any atom is -0.366 e. The summed E-state index contributed by atoms with van der Waals surface area (Å²) in [6, 6.07) is 4.14. The van der Waals surface area contributed by atoms with Crippen molar-refractivity contribution in [2.24, 2.45) is 0 Å². The minimum atomic E-state index is -0.286. The first-order chi connectivity index (χ1) is 10.1.